The van der Waals surface area contributed by atoms with Crippen LogP contribution in [0.1, 0.15) is 27.9 Å². The number of rotatable bonds is 3. The van der Waals surface area contributed by atoms with Crippen LogP contribution in [0.15, 0.2) is 60.7 Å². The predicted octanol–water partition coefficient (Wildman–Crippen LogP) is 4.20. The van der Waals surface area contributed by atoms with E-state index in [9.17, 15) is 9.90 Å². The van der Waals surface area contributed by atoms with Crippen LogP contribution in [0.4, 0.5) is 0 Å². The molecule has 1 amide bonds. The summed E-state index contributed by atoms with van der Waals surface area (Å²) < 4.78 is 0. The van der Waals surface area contributed by atoms with Gasteiger partial charge in [0.25, 0.3) is 5.91 Å². The minimum atomic E-state index is -0.0829. The maximum Gasteiger partial charge on any atom is 0.257 e. The topological polar surface area (TPSA) is 43.8 Å². The van der Waals surface area contributed by atoms with Gasteiger partial charge in [-0.2, -0.15) is 0 Å². The van der Waals surface area contributed by atoms with Gasteiger partial charge >= 0.3 is 0 Å². The van der Waals surface area contributed by atoms with E-state index in [1.54, 1.807) is 6.07 Å². The fourth-order valence-corrected chi connectivity index (χ4v) is 3.85. The minimum Gasteiger partial charge on any atom is -0.507 e. The molecule has 28 heavy (non-hydrogen) atoms. The average Bonchev–Trinajstić information content (AvgIpc) is 2.94. The first-order valence-corrected chi connectivity index (χ1v) is 9.89. The van der Waals surface area contributed by atoms with E-state index in [4.69, 9.17) is 0 Å². The normalized spacial score (nSPS) is 15.5. The van der Waals surface area contributed by atoms with Crippen molar-refractivity contribution in [1.82, 2.24) is 9.80 Å². The molecule has 1 saturated heterocycles. The number of carbonyl (C=O) groups is 1. The van der Waals surface area contributed by atoms with E-state index in [0.717, 1.165) is 43.4 Å². The lowest BCUT2D eigenvalue weighted by molar-refractivity contribution is 0.0758. The molecule has 4 rings (SSSR count). The maximum absolute atomic E-state index is 13.1. The summed E-state index contributed by atoms with van der Waals surface area (Å²) in [5.41, 5.74) is 2.97. The minimum absolute atomic E-state index is 0.0597. The number of fused-ring (bicyclic) bond motifs is 1. The van der Waals surface area contributed by atoms with E-state index >= 15 is 0 Å². The van der Waals surface area contributed by atoms with Crippen molar-refractivity contribution in [3.63, 3.8) is 0 Å². The molecule has 0 spiro atoms. The van der Waals surface area contributed by atoms with Gasteiger partial charge in [-0.1, -0.05) is 54.1 Å². The summed E-state index contributed by atoms with van der Waals surface area (Å²) >= 11 is 0. The molecule has 3 aromatic rings. The first-order chi connectivity index (χ1) is 13.6. The molecule has 1 fully saturated rings. The third kappa shape index (κ3) is 4.02. The van der Waals surface area contributed by atoms with Gasteiger partial charge in [0.2, 0.25) is 0 Å². The van der Waals surface area contributed by atoms with Crippen LogP contribution in [-0.4, -0.2) is 47.0 Å². The molecule has 0 radical (unpaired) electrons. The molecular formula is C24H26N2O2. The van der Waals surface area contributed by atoms with Crippen LogP contribution >= 0.6 is 0 Å². The molecule has 144 valence electrons. The van der Waals surface area contributed by atoms with Crippen LogP contribution < -0.4 is 0 Å². The molecule has 0 aromatic heterocycles. The van der Waals surface area contributed by atoms with E-state index in [0.29, 0.717) is 12.1 Å². The van der Waals surface area contributed by atoms with Crippen molar-refractivity contribution < 1.29 is 9.90 Å². The Morgan fingerprint density at radius 1 is 0.929 bits per heavy atom. The SMILES string of the molecule is Cc1ccc(CN2CCCN(C(=O)c3cc4ccccc4cc3O)CC2)cc1. The summed E-state index contributed by atoms with van der Waals surface area (Å²) in [6.07, 6.45) is 0.936. The van der Waals surface area contributed by atoms with E-state index in [2.05, 4.69) is 36.1 Å². The van der Waals surface area contributed by atoms with Crippen molar-refractivity contribution in [3.8, 4) is 5.75 Å². The van der Waals surface area contributed by atoms with E-state index in [1.165, 1.54) is 11.1 Å². The number of benzene rings is 3. The molecule has 3 aromatic carbocycles. The largest absolute Gasteiger partial charge is 0.507 e. The summed E-state index contributed by atoms with van der Waals surface area (Å²) in [7, 11) is 0. The molecule has 0 atom stereocenters. The van der Waals surface area contributed by atoms with Crippen LogP contribution in [0.3, 0.4) is 0 Å². The van der Waals surface area contributed by atoms with Gasteiger partial charge in [0.15, 0.2) is 0 Å². The van der Waals surface area contributed by atoms with Crippen molar-refractivity contribution >= 4 is 16.7 Å². The second-order valence-electron chi connectivity index (χ2n) is 7.62. The number of amides is 1. The fourth-order valence-electron chi connectivity index (χ4n) is 3.85. The third-order valence-corrected chi connectivity index (χ3v) is 5.50. The van der Waals surface area contributed by atoms with Crippen LogP contribution in [0.5, 0.6) is 5.75 Å². The average molecular weight is 374 g/mol. The highest BCUT2D eigenvalue weighted by molar-refractivity contribution is 6.01. The fraction of sp³-hybridized carbons (Fsp3) is 0.292. The number of nitrogens with zero attached hydrogens (tertiary/aromatic N) is 2. The smallest absolute Gasteiger partial charge is 0.257 e. The highest BCUT2D eigenvalue weighted by Gasteiger charge is 2.22. The Labute approximate surface area is 166 Å². The summed E-state index contributed by atoms with van der Waals surface area (Å²) in [5.74, 6) is -0.0232. The van der Waals surface area contributed by atoms with Crippen LogP contribution in [-0.2, 0) is 6.54 Å². The Hall–Kier alpha value is -2.85. The van der Waals surface area contributed by atoms with Gasteiger partial charge < -0.3 is 10.0 Å². The van der Waals surface area contributed by atoms with Crippen molar-refractivity contribution in [3.05, 3.63) is 77.4 Å². The number of aromatic hydroxyl groups is 1. The van der Waals surface area contributed by atoms with E-state index in [1.807, 2.05) is 35.2 Å². The van der Waals surface area contributed by atoms with Gasteiger partial charge in [-0.3, -0.25) is 9.69 Å². The third-order valence-electron chi connectivity index (χ3n) is 5.50. The molecule has 0 saturated carbocycles. The Morgan fingerprint density at radius 3 is 2.39 bits per heavy atom. The highest BCUT2D eigenvalue weighted by Crippen LogP contribution is 2.26. The van der Waals surface area contributed by atoms with Crippen LogP contribution in [0.25, 0.3) is 10.8 Å². The molecule has 1 heterocycles. The summed E-state index contributed by atoms with van der Waals surface area (Å²) in [5, 5.41) is 12.3. The zero-order valence-corrected chi connectivity index (χ0v) is 16.3. The van der Waals surface area contributed by atoms with Gasteiger partial charge in [0.1, 0.15) is 5.75 Å². The lowest BCUT2D eigenvalue weighted by Crippen LogP contribution is -2.35. The van der Waals surface area contributed by atoms with Crippen molar-refractivity contribution in [1.29, 1.82) is 0 Å². The van der Waals surface area contributed by atoms with Gasteiger partial charge in [0, 0.05) is 32.7 Å². The number of hydrogen-bond donors (Lipinski definition) is 1. The van der Waals surface area contributed by atoms with Crippen molar-refractivity contribution in [2.24, 2.45) is 0 Å². The van der Waals surface area contributed by atoms with Gasteiger partial charge in [-0.25, -0.2) is 0 Å². The monoisotopic (exact) mass is 374 g/mol. The lowest BCUT2D eigenvalue weighted by atomic mass is 10.0. The number of phenols is 1. The van der Waals surface area contributed by atoms with Gasteiger partial charge in [-0.05, 0) is 41.8 Å². The molecule has 1 aliphatic heterocycles. The first kappa shape index (κ1) is 18.5. The van der Waals surface area contributed by atoms with Crippen LogP contribution in [0, 0.1) is 6.92 Å². The second-order valence-corrected chi connectivity index (χ2v) is 7.62. The number of hydrogen-bond acceptors (Lipinski definition) is 3. The zero-order chi connectivity index (χ0) is 19.5. The maximum atomic E-state index is 13.1. The number of carbonyl (C=O) groups excluding carboxylic acids is 1. The van der Waals surface area contributed by atoms with Crippen LogP contribution in [0.2, 0.25) is 0 Å². The molecule has 0 unspecified atom stereocenters. The predicted molar refractivity (Wildman–Crippen MR) is 113 cm³/mol. The Bertz CT molecular complexity index is 982. The van der Waals surface area contributed by atoms with Gasteiger partial charge in [-0.15, -0.1) is 0 Å². The van der Waals surface area contributed by atoms with Crippen molar-refractivity contribution in [2.75, 3.05) is 26.2 Å². The lowest BCUT2D eigenvalue weighted by Gasteiger charge is -2.22. The van der Waals surface area contributed by atoms with Gasteiger partial charge in [0.05, 0.1) is 5.56 Å². The summed E-state index contributed by atoms with van der Waals surface area (Å²) in [6, 6.07) is 19.9. The second kappa shape index (κ2) is 8.03. The molecule has 0 aliphatic carbocycles. The zero-order valence-electron chi connectivity index (χ0n) is 16.3. The number of aryl methyl sites for hydroxylation is 1. The molecule has 1 aliphatic rings. The summed E-state index contributed by atoms with van der Waals surface area (Å²) in [6.45, 7) is 6.22. The first-order valence-electron chi connectivity index (χ1n) is 9.89. The quantitative estimate of drug-likeness (QED) is 0.747. The highest BCUT2D eigenvalue weighted by atomic mass is 16.3. The Kier molecular flexibility index (Phi) is 5.31. The van der Waals surface area contributed by atoms with E-state index < -0.39 is 0 Å². The molecule has 4 nitrogen and oxygen atoms in total. The molecule has 1 N–H and O–H groups in total. The van der Waals surface area contributed by atoms with Crippen molar-refractivity contribution in [2.45, 2.75) is 19.9 Å². The summed E-state index contributed by atoms with van der Waals surface area (Å²) in [4.78, 5) is 17.3. The molecular weight excluding hydrogens is 348 g/mol. The number of phenolic OH excluding ortho intramolecular Hbond substituents is 1. The molecule has 0 bridgehead atoms. The van der Waals surface area contributed by atoms with E-state index in [-0.39, 0.29) is 11.7 Å². The molecule has 4 heteroatoms. The Morgan fingerprint density at radius 2 is 1.64 bits per heavy atom. The standard InChI is InChI=1S/C24H26N2O2/c1-18-7-9-19(10-8-18)17-25-11-4-12-26(14-13-25)24(28)22-15-20-5-2-3-6-21(20)16-23(22)27/h2-3,5-10,15-16,27H,4,11-14,17H2,1H3. The Balaban J connectivity index is 1.46.